The third-order valence-electron chi connectivity index (χ3n) is 4.57. The summed E-state index contributed by atoms with van der Waals surface area (Å²) in [4.78, 5) is 31.8. The first-order chi connectivity index (χ1) is 16.7. The van der Waals surface area contributed by atoms with Gasteiger partial charge in [-0.1, -0.05) is 43.0 Å². The number of carbonyl (C=O) groups is 2. The van der Waals surface area contributed by atoms with Gasteiger partial charge in [0.15, 0.2) is 10.9 Å². The van der Waals surface area contributed by atoms with Gasteiger partial charge in [0, 0.05) is 11.8 Å². The van der Waals surface area contributed by atoms with Crippen molar-refractivity contribution in [2.45, 2.75) is 24.7 Å². The van der Waals surface area contributed by atoms with E-state index in [1.807, 2.05) is 19.1 Å². The Bertz CT molecular complexity index is 1190. The summed E-state index contributed by atoms with van der Waals surface area (Å²) < 4.78 is 45.3. The van der Waals surface area contributed by atoms with Gasteiger partial charge in [0.1, 0.15) is 11.6 Å². The Morgan fingerprint density at radius 1 is 1.06 bits per heavy atom. The molecule has 0 spiro atoms. The van der Waals surface area contributed by atoms with Crippen LogP contribution in [-0.2, 0) is 17.4 Å². The van der Waals surface area contributed by atoms with Crippen LogP contribution < -0.4 is 20.7 Å². The number of para-hydroxylation sites is 2. The number of urea groups is 1. The van der Waals surface area contributed by atoms with Crippen molar-refractivity contribution in [3.63, 3.8) is 0 Å². The molecule has 3 amide bonds. The number of aryl methyl sites for hydroxylation is 1. The zero-order chi connectivity index (χ0) is 25.4. The normalized spacial score (nSPS) is 11.0. The average molecular weight is 506 g/mol. The lowest BCUT2D eigenvalue weighted by atomic mass is 10.1. The minimum absolute atomic E-state index is 0.131. The highest BCUT2D eigenvalue weighted by Gasteiger charge is 2.34. The number of imide groups is 1. The van der Waals surface area contributed by atoms with Crippen molar-refractivity contribution >= 4 is 40.9 Å². The summed E-state index contributed by atoms with van der Waals surface area (Å²) in [6.07, 6.45) is -3.89. The fourth-order valence-corrected chi connectivity index (χ4v) is 3.52. The monoisotopic (exact) mass is 505 g/mol. The van der Waals surface area contributed by atoms with Crippen molar-refractivity contribution < 1.29 is 27.5 Å². The van der Waals surface area contributed by atoms with Gasteiger partial charge < -0.3 is 15.4 Å². The quantitative estimate of drug-likeness (QED) is 0.284. The van der Waals surface area contributed by atoms with Crippen LogP contribution in [0.15, 0.2) is 59.8 Å². The molecule has 0 bridgehead atoms. The summed E-state index contributed by atoms with van der Waals surface area (Å²) in [6, 6.07) is 13.7. The van der Waals surface area contributed by atoms with Crippen LogP contribution in [0.2, 0.25) is 0 Å². The van der Waals surface area contributed by atoms with Crippen molar-refractivity contribution in [3.05, 3.63) is 65.9 Å². The molecule has 35 heavy (non-hydrogen) atoms. The highest BCUT2D eigenvalue weighted by atomic mass is 32.2. The fourth-order valence-electron chi connectivity index (χ4n) is 2.86. The molecule has 0 saturated heterocycles. The lowest BCUT2D eigenvalue weighted by molar-refractivity contribution is -0.141. The summed E-state index contributed by atoms with van der Waals surface area (Å²) in [5.74, 6) is -0.827. The van der Waals surface area contributed by atoms with Gasteiger partial charge in [-0.2, -0.15) is 13.2 Å². The molecule has 0 aliphatic carbocycles. The fraction of sp³-hybridized carbons (Fsp3) is 0.217. The Hall–Kier alpha value is -3.80. The summed E-state index contributed by atoms with van der Waals surface area (Å²) in [5, 5.41) is 7.13. The lowest BCUT2D eigenvalue weighted by Crippen LogP contribution is -2.35. The SMILES string of the molecule is CCc1ccc(NC(=O)NC(=O)CSc2nc(Nc3ccccc3OC)cc(C(F)(F)F)n2)cc1. The van der Waals surface area contributed by atoms with E-state index in [0.717, 1.165) is 18.1 Å². The molecule has 0 fully saturated rings. The Labute approximate surface area is 203 Å². The van der Waals surface area contributed by atoms with Gasteiger partial charge in [-0.05, 0) is 36.2 Å². The van der Waals surface area contributed by atoms with E-state index < -0.39 is 23.8 Å². The van der Waals surface area contributed by atoms with Crippen LogP contribution in [0.3, 0.4) is 0 Å². The number of rotatable bonds is 8. The van der Waals surface area contributed by atoms with E-state index in [0.29, 0.717) is 28.9 Å². The zero-order valence-corrected chi connectivity index (χ0v) is 19.6. The van der Waals surface area contributed by atoms with E-state index in [1.54, 1.807) is 36.4 Å². The average Bonchev–Trinajstić information content (AvgIpc) is 2.83. The number of nitrogens with zero attached hydrogens (tertiary/aromatic N) is 2. The van der Waals surface area contributed by atoms with Gasteiger partial charge in [-0.25, -0.2) is 14.8 Å². The van der Waals surface area contributed by atoms with E-state index in [9.17, 15) is 22.8 Å². The number of hydrogen-bond acceptors (Lipinski definition) is 7. The largest absolute Gasteiger partial charge is 0.495 e. The van der Waals surface area contributed by atoms with Gasteiger partial charge in [-0.15, -0.1) is 0 Å². The maximum Gasteiger partial charge on any atom is 0.433 e. The standard InChI is InChI=1S/C23H22F3N5O3S/c1-3-14-8-10-15(11-9-14)27-21(33)31-20(32)13-35-22-29-18(23(24,25)26)12-19(30-22)28-16-6-4-5-7-17(16)34-2/h4-12H,3,13H2,1-2H3,(H,28,29,30)(H2,27,31,32,33). The zero-order valence-electron chi connectivity index (χ0n) is 18.8. The van der Waals surface area contributed by atoms with Crippen LogP contribution in [0.5, 0.6) is 5.75 Å². The van der Waals surface area contributed by atoms with Crippen LogP contribution in [-0.4, -0.2) is 34.8 Å². The number of methoxy groups -OCH3 is 1. The highest BCUT2D eigenvalue weighted by molar-refractivity contribution is 7.99. The molecule has 2 aromatic carbocycles. The molecule has 0 unspecified atom stereocenters. The molecular weight excluding hydrogens is 483 g/mol. The minimum Gasteiger partial charge on any atom is -0.495 e. The van der Waals surface area contributed by atoms with E-state index >= 15 is 0 Å². The summed E-state index contributed by atoms with van der Waals surface area (Å²) in [6.45, 7) is 2.00. The maximum absolute atomic E-state index is 13.4. The number of thioether (sulfide) groups is 1. The van der Waals surface area contributed by atoms with Crippen LogP contribution in [0, 0.1) is 0 Å². The van der Waals surface area contributed by atoms with Gasteiger partial charge in [0.05, 0.1) is 18.6 Å². The summed E-state index contributed by atoms with van der Waals surface area (Å²) in [5.41, 5.74) is 0.803. The van der Waals surface area contributed by atoms with Gasteiger partial charge in [-0.3, -0.25) is 10.1 Å². The van der Waals surface area contributed by atoms with Crippen molar-refractivity contribution in [2.75, 3.05) is 23.5 Å². The third-order valence-corrected chi connectivity index (χ3v) is 5.42. The Morgan fingerprint density at radius 2 is 1.77 bits per heavy atom. The Morgan fingerprint density at radius 3 is 2.43 bits per heavy atom. The van der Waals surface area contributed by atoms with E-state index in [4.69, 9.17) is 4.74 Å². The predicted octanol–water partition coefficient (Wildman–Crippen LogP) is 5.25. The van der Waals surface area contributed by atoms with Crippen LogP contribution in [0.1, 0.15) is 18.2 Å². The highest BCUT2D eigenvalue weighted by Crippen LogP contribution is 2.32. The number of ether oxygens (including phenoxy) is 1. The number of aromatic nitrogens is 2. The molecular formula is C23H22F3N5O3S. The second kappa shape index (κ2) is 11.6. The number of nitrogens with one attached hydrogen (secondary N) is 3. The number of carbonyl (C=O) groups excluding carboxylic acids is 2. The molecule has 0 aliphatic rings. The Kier molecular flexibility index (Phi) is 8.53. The molecule has 0 atom stereocenters. The molecule has 0 saturated carbocycles. The summed E-state index contributed by atoms with van der Waals surface area (Å²) >= 11 is 0.661. The number of halogens is 3. The molecule has 3 rings (SSSR count). The molecule has 12 heteroatoms. The van der Waals surface area contributed by atoms with Gasteiger partial charge >= 0.3 is 12.2 Å². The van der Waals surface area contributed by atoms with Crippen molar-refractivity contribution in [3.8, 4) is 5.75 Å². The molecule has 1 aromatic heterocycles. The molecule has 184 valence electrons. The van der Waals surface area contributed by atoms with Crippen molar-refractivity contribution in [1.82, 2.24) is 15.3 Å². The smallest absolute Gasteiger partial charge is 0.433 e. The van der Waals surface area contributed by atoms with Gasteiger partial charge in [0.25, 0.3) is 0 Å². The van der Waals surface area contributed by atoms with E-state index in [2.05, 4.69) is 25.9 Å². The Balaban J connectivity index is 1.66. The number of amides is 3. The first kappa shape index (κ1) is 25.8. The molecule has 3 N–H and O–H groups in total. The van der Waals surface area contributed by atoms with Crippen LogP contribution in [0.25, 0.3) is 0 Å². The number of alkyl halides is 3. The molecule has 0 aliphatic heterocycles. The number of hydrogen-bond donors (Lipinski definition) is 3. The van der Waals surface area contributed by atoms with Crippen molar-refractivity contribution in [2.24, 2.45) is 0 Å². The lowest BCUT2D eigenvalue weighted by Gasteiger charge is -2.13. The molecule has 3 aromatic rings. The van der Waals surface area contributed by atoms with E-state index in [1.165, 1.54) is 7.11 Å². The molecule has 8 nitrogen and oxygen atoms in total. The summed E-state index contributed by atoms with van der Waals surface area (Å²) in [7, 11) is 1.43. The second-order valence-electron chi connectivity index (χ2n) is 7.09. The van der Waals surface area contributed by atoms with Crippen LogP contribution in [0.4, 0.5) is 35.2 Å². The topological polar surface area (TPSA) is 105 Å². The molecule has 0 radical (unpaired) electrons. The second-order valence-corrected chi connectivity index (χ2v) is 8.03. The third kappa shape index (κ3) is 7.60. The molecule has 1 heterocycles. The van der Waals surface area contributed by atoms with Crippen molar-refractivity contribution in [1.29, 1.82) is 0 Å². The van der Waals surface area contributed by atoms with E-state index in [-0.39, 0.29) is 16.7 Å². The van der Waals surface area contributed by atoms with Gasteiger partial charge in [0.2, 0.25) is 5.91 Å². The first-order valence-electron chi connectivity index (χ1n) is 10.4. The minimum atomic E-state index is -4.73. The predicted molar refractivity (Wildman–Crippen MR) is 127 cm³/mol. The number of benzene rings is 2. The first-order valence-corrected chi connectivity index (χ1v) is 11.4. The maximum atomic E-state index is 13.4. The van der Waals surface area contributed by atoms with Crippen LogP contribution >= 0.6 is 11.8 Å². The number of anilines is 3.